The van der Waals surface area contributed by atoms with E-state index >= 15 is 0 Å². The molecule has 0 saturated heterocycles. The minimum absolute atomic E-state index is 0.257. The van der Waals surface area contributed by atoms with Crippen LogP contribution < -0.4 is 5.32 Å². The van der Waals surface area contributed by atoms with Crippen LogP contribution in [0.25, 0.3) is 0 Å². The van der Waals surface area contributed by atoms with Crippen LogP contribution in [0.3, 0.4) is 0 Å². The molecule has 100 valence electrons. The molecular weight excluding hydrogens is 264 g/mol. The third-order valence-electron chi connectivity index (χ3n) is 2.94. The fourth-order valence-corrected chi connectivity index (χ4v) is 3.03. The molecule has 1 aromatic rings. The fourth-order valence-electron chi connectivity index (χ4n) is 1.91. The topological polar surface area (TPSA) is 24.5 Å². The van der Waals surface area contributed by atoms with E-state index in [0.717, 1.165) is 11.7 Å². The number of methoxy groups -OCH3 is 1. The lowest BCUT2D eigenvalue weighted by atomic mass is 10.3. The largest absolute Gasteiger partial charge is 0.383 e. The summed E-state index contributed by atoms with van der Waals surface area (Å²) < 4.78 is 5.13. The zero-order chi connectivity index (χ0) is 13.0. The summed E-state index contributed by atoms with van der Waals surface area (Å²) in [6.07, 6.45) is 2.51. The molecule has 3 nitrogen and oxygen atoms in total. The Morgan fingerprint density at radius 1 is 1.67 bits per heavy atom. The van der Waals surface area contributed by atoms with Crippen LogP contribution in [0.4, 0.5) is 0 Å². The van der Waals surface area contributed by atoms with Crippen LogP contribution in [0.1, 0.15) is 24.6 Å². The van der Waals surface area contributed by atoms with E-state index in [1.54, 1.807) is 18.4 Å². The SMILES string of the molecule is COCC(C)NC(=S)N(Cc1cccs1)C1CC1. The molecule has 1 aromatic heterocycles. The molecule has 0 radical (unpaired) electrons. The zero-order valence-corrected chi connectivity index (χ0v) is 12.5. The van der Waals surface area contributed by atoms with Gasteiger partial charge in [-0.15, -0.1) is 11.3 Å². The Kier molecular flexibility index (Phi) is 4.97. The van der Waals surface area contributed by atoms with Gasteiger partial charge in [0.2, 0.25) is 0 Å². The molecule has 1 N–H and O–H groups in total. The monoisotopic (exact) mass is 284 g/mol. The van der Waals surface area contributed by atoms with E-state index in [0.29, 0.717) is 12.6 Å². The van der Waals surface area contributed by atoms with Crippen molar-refractivity contribution in [2.24, 2.45) is 0 Å². The predicted molar refractivity (Wildman–Crippen MR) is 80.0 cm³/mol. The Morgan fingerprint density at radius 2 is 2.44 bits per heavy atom. The zero-order valence-electron chi connectivity index (χ0n) is 10.9. The molecule has 0 aliphatic heterocycles. The highest BCUT2D eigenvalue weighted by Gasteiger charge is 2.31. The second-order valence-corrected chi connectivity index (χ2v) is 6.16. The number of thiocarbonyl (C=S) groups is 1. The van der Waals surface area contributed by atoms with Gasteiger partial charge < -0.3 is 15.0 Å². The molecule has 1 aliphatic rings. The third kappa shape index (κ3) is 3.93. The molecule has 0 aromatic carbocycles. The van der Waals surface area contributed by atoms with E-state index in [2.05, 4.69) is 34.7 Å². The van der Waals surface area contributed by atoms with E-state index < -0.39 is 0 Å². The Balaban J connectivity index is 1.90. The molecule has 0 amide bonds. The van der Waals surface area contributed by atoms with Gasteiger partial charge in [0.15, 0.2) is 5.11 Å². The number of nitrogens with zero attached hydrogens (tertiary/aromatic N) is 1. The van der Waals surface area contributed by atoms with Gasteiger partial charge in [-0.25, -0.2) is 0 Å². The van der Waals surface area contributed by atoms with Crippen molar-refractivity contribution in [1.29, 1.82) is 0 Å². The van der Waals surface area contributed by atoms with Crippen molar-refractivity contribution in [2.75, 3.05) is 13.7 Å². The van der Waals surface area contributed by atoms with Crippen molar-refractivity contribution < 1.29 is 4.74 Å². The molecule has 1 heterocycles. The lowest BCUT2D eigenvalue weighted by Crippen LogP contribution is -2.45. The molecular formula is C13H20N2OS2. The van der Waals surface area contributed by atoms with E-state index in [9.17, 15) is 0 Å². The first kappa shape index (κ1) is 13.8. The number of ether oxygens (including phenoxy) is 1. The molecule has 18 heavy (non-hydrogen) atoms. The van der Waals surface area contributed by atoms with Crippen molar-refractivity contribution in [1.82, 2.24) is 10.2 Å². The van der Waals surface area contributed by atoms with Gasteiger partial charge in [0.05, 0.1) is 13.2 Å². The highest BCUT2D eigenvalue weighted by molar-refractivity contribution is 7.80. The molecule has 5 heteroatoms. The summed E-state index contributed by atoms with van der Waals surface area (Å²) in [7, 11) is 1.71. The van der Waals surface area contributed by atoms with Gasteiger partial charge in [0, 0.05) is 24.1 Å². The minimum Gasteiger partial charge on any atom is -0.383 e. The first-order valence-electron chi connectivity index (χ1n) is 6.29. The van der Waals surface area contributed by atoms with Crippen LogP contribution in [0.5, 0.6) is 0 Å². The van der Waals surface area contributed by atoms with Gasteiger partial charge in [-0.05, 0) is 43.4 Å². The van der Waals surface area contributed by atoms with Gasteiger partial charge in [0.1, 0.15) is 0 Å². The molecule has 0 spiro atoms. The van der Waals surface area contributed by atoms with Gasteiger partial charge >= 0.3 is 0 Å². The first-order chi connectivity index (χ1) is 8.70. The molecule has 1 aliphatic carbocycles. The molecule has 1 atom stereocenters. The Hall–Kier alpha value is -0.650. The van der Waals surface area contributed by atoms with Crippen molar-refractivity contribution in [2.45, 2.75) is 38.4 Å². The number of hydrogen-bond donors (Lipinski definition) is 1. The van der Waals surface area contributed by atoms with Crippen LogP contribution in [0.2, 0.25) is 0 Å². The molecule has 1 saturated carbocycles. The Morgan fingerprint density at radius 3 is 3.00 bits per heavy atom. The molecule has 1 fully saturated rings. The van der Waals surface area contributed by atoms with Crippen LogP contribution >= 0.6 is 23.6 Å². The average Bonchev–Trinajstić information content (AvgIpc) is 3.03. The van der Waals surface area contributed by atoms with Crippen molar-refractivity contribution in [3.63, 3.8) is 0 Å². The smallest absolute Gasteiger partial charge is 0.169 e. The third-order valence-corrected chi connectivity index (χ3v) is 4.15. The Bertz CT molecular complexity index is 376. The summed E-state index contributed by atoms with van der Waals surface area (Å²) in [4.78, 5) is 3.68. The van der Waals surface area contributed by atoms with Gasteiger partial charge in [0.25, 0.3) is 0 Å². The Labute approximate surface area is 118 Å². The minimum atomic E-state index is 0.257. The summed E-state index contributed by atoms with van der Waals surface area (Å²) in [5.41, 5.74) is 0. The van der Waals surface area contributed by atoms with Crippen molar-refractivity contribution in [3.05, 3.63) is 22.4 Å². The van der Waals surface area contributed by atoms with Crippen molar-refractivity contribution >= 4 is 28.7 Å². The van der Waals surface area contributed by atoms with Gasteiger partial charge in [-0.3, -0.25) is 0 Å². The normalized spacial score (nSPS) is 16.3. The highest BCUT2D eigenvalue weighted by Crippen LogP contribution is 2.29. The van der Waals surface area contributed by atoms with Crippen LogP contribution in [-0.4, -0.2) is 35.8 Å². The summed E-state index contributed by atoms with van der Waals surface area (Å²) in [5, 5.41) is 6.32. The maximum Gasteiger partial charge on any atom is 0.169 e. The number of hydrogen-bond acceptors (Lipinski definition) is 3. The predicted octanol–water partition coefficient (Wildman–Crippen LogP) is 2.62. The summed E-state index contributed by atoms with van der Waals surface area (Å²) in [6, 6.07) is 5.14. The van der Waals surface area contributed by atoms with Gasteiger partial charge in [-0.1, -0.05) is 6.07 Å². The van der Waals surface area contributed by atoms with Crippen LogP contribution in [-0.2, 0) is 11.3 Å². The molecule has 0 bridgehead atoms. The lowest BCUT2D eigenvalue weighted by Gasteiger charge is -2.27. The standard InChI is InChI=1S/C13H20N2OS2/c1-10(9-16-2)14-13(17)15(11-5-6-11)8-12-4-3-7-18-12/h3-4,7,10-11H,5-6,8-9H2,1-2H3,(H,14,17). The quantitative estimate of drug-likeness (QED) is 0.812. The number of nitrogens with one attached hydrogen (secondary N) is 1. The maximum atomic E-state index is 5.52. The van der Waals surface area contributed by atoms with Crippen LogP contribution in [0, 0.1) is 0 Å². The van der Waals surface area contributed by atoms with E-state index in [1.165, 1.54) is 17.7 Å². The second kappa shape index (κ2) is 6.50. The van der Waals surface area contributed by atoms with E-state index in [-0.39, 0.29) is 6.04 Å². The molecule has 1 unspecified atom stereocenters. The lowest BCUT2D eigenvalue weighted by molar-refractivity contribution is 0.177. The van der Waals surface area contributed by atoms with Crippen LogP contribution in [0.15, 0.2) is 17.5 Å². The summed E-state index contributed by atoms with van der Waals surface area (Å²) in [5.74, 6) is 0. The highest BCUT2D eigenvalue weighted by atomic mass is 32.1. The summed E-state index contributed by atoms with van der Waals surface area (Å²) >= 11 is 7.31. The van der Waals surface area contributed by atoms with E-state index in [4.69, 9.17) is 17.0 Å². The van der Waals surface area contributed by atoms with E-state index in [1.807, 2.05) is 0 Å². The fraction of sp³-hybridized carbons (Fsp3) is 0.615. The number of thiophene rings is 1. The number of rotatable bonds is 6. The van der Waals surface area contributed by atoms with Gasteiger partial charge in [-0.2, -0.15) is 0 Å². The molecule has 2 rings (SSSR count). The second-order valence-electron chi connectivity index (χ2n) is 4.74. The first-order valence-corrected chi connectivity index (χ1v) is 7.58. The maximum absolute atomic E-state index is 5.52. The average molecular weight is 284 g/mol. The van der Waals surface area contributed by atoms with Crippen molar-refractivity contribution in [3.8, 4) is 0 Å². The summed E-state index contributed by atoms with van der Waals surface area (Å²) in [6.45, 7) is 3.69.